The molecule has 150 valence electrons. The zero-order valence-corrected chi connectivity index (χ0v) is 16.7. The van der Waals surface area contributed by atoms with Crippen LogP contribution in [0.3, 0.4) is 0 Å². The molecular weight excluding hydrogens is 362 g/mol. The number of carbonyl (C=O) groups is 1. The number of anilines is 1. The largest absolute Gasteiger partial charge is 0.497 e. The van der Waals surface area contributed by atoms with Gasteiger partial charge in [0, 0.05) is 24.8 Å². The first-order valence-corrected chi connectivity index (χ1v) is 9.89. The molecule has 0 aliphatic carbocycles. The summed E-state index contributed by atoms with van der Waals surface area (Å²) in [5.41, 5.74) is 3.08. The highest BCUT2D eigenvalue weighted by molar-refractivity contribution is 5.94. The molecule has 0 unspecified atom stereocenters. The lowest BCUT2D eigenvalue weighted by atomic mass is 10.1. The van der Waals surface area contributed by atoms with Gasteiger partial charge in [0.15, 0.2) is 0 Å². The summed E-state index contributed by atoms with van der Waals surface area (Å²) in [6.07, 6.45) is 4.36. The number of benzene rings is 2. The number of aryl methyl sites for hydroxylation is 1. The van der Waals surface area contributed by atoms with E-state index < -0.39 is 0 Å². The quantitative estimate of drug-likeness (QED) is 0.512. The first-order valence-electron chi connectivity index (χ1n) is 9.89. The lowest BCUT2D eigenvalue weighted by molar-refractivity contribution is 0.0953. The molecule has 1 amide bonds. The van der Waals surface area contributed by atoms with Gasteiger partial charge >= 0.3 is 0 Å². The average molecular weight is 389 g/mol. The molecule has 0 saturated carbocycles. The minimum absolute atomic E-state index is 0.0729. The summed E-state index contributed by atoms with van der Waals surface area (Å²) in [4.78, 5) is 16.7. The third-order valence-electron chi connectivity index (χ3n) is 4.65. The van der Waals surface area contributed by atoms with Crippen LogP contribution in [0.1, 0.15) is 27.9 Å². The number of rotatable bonds is 10. The number of pyridine rings is 1. The van der Waals surface area contributed by atoms with Gasteiger partial charge in [-0.2, -0.15) is 0 Å². The van der Waals surface area contributed by atoms with Gasteiger partial charge < -0.3 is 15.4 Å². The van der Waals surface area contributed by atoms with E-state index in [0.29, 0.717) is 17.9 Å². The molecule has 0 radical (unpaired) electrons. The normalized spacial score (nSPS) is 10.4. The highest BCUT2D eigenvalue weighted by atomic mass is 16.5. The van der Waals surface area contributed by atoms with E-state index in [1.807, 2.05) is 36.4 Å². The van der Waals surface area contributed by atoms with Gasteiger partial charge in [-0.3, -0.25) is 4.79 Å². The second kappa shape index (κ2) is 10.9. The molecule has 5 heteroatoms. The van der Waals surface area contributed by atoms with Crippen molar-refractivity contribution in [1.29, 1.82) is 0 Å². The van der Waals surface area contributed by atoms with Crippen LogP contribution in [0.5, 0.6) is 5.75 Å². The Balaban J connectivity index is 1.43. The van der Waals surface area contributed by atoms with Crippen molar-refractivity contribution in [1.82, 2.24) is 10.3 Å². The predicted octanol–water partition coefficient (Wildman–Crippen LogP) is 4.11. The van der Waals surface area contributed by atoms with Crippen LogP contribution in [0.15, 0.2) is 72.9 Å². The summed E-state index contributed by atoms with van der Waals surface area (Å²) >= 11 is 0. The number of nitrogens with zero attached hydrogens (tertiary/aromatic N) is 1. The summed E-state index contributed by atoms with van der Waals surface area (Å²) in [6, 6.07) is 21.8. The molecule has 0 saturated heterocycles. The van der Waals surface area contributed by atoms with Gasteiger partial charge in [0.25, 0.3) is 5.91 Å². The van der Waals surface area contributed by atoms with Crippen LogP contribution in [-0.4, -0.2) is 31.1 Å². The molecule has 1 heterocycles. The Morgan fingerprint density at radius 2 is 1.76 bits per heavy atom. The Hall–Kier alpha value is -3.34. The zero-order valence-electron chi connectivity index (χ0n) is 16.7. The Bertz CT molecular complexity index is 913. The molecule has 3 aromatic rings. The van der Waals surface area contributed by atoms with Gasteiger partial charge in [-0.25, -0.2) is 4.98 Å². The fourth-order valence-corrected chi connectivity index (χ4v) is 3.07. The topological polar surface area (TPSA) is 63.2 Å². The van der Waals surface area contributed by atoms with Crippen LogP contribution in [-0.2, 0) is 12.8 Å². The molecule has 0 aliphatic heterocycles. The molecule has 29 heavy (non-hydrogen) atoms. The molecular formula is C24H27N3O2. The van der Waals surface area contributed by atoms with Gasteiger partial charge in [0.1, 0.15) is 11.6 Å². The average Bonchev–Trinajstić information content (AvgIpc) is 2.77. The van der Waals surface area contributed by atoms with Crippen molar-refractivity contribution in [2.24, 2.45) is 0 Å². The van der Waals surface area contributed by atoms with Crippen molar-refractivity contribution in [3.63, 3.8) is 0 Å². The van der Waals surface area contributed by atoms with E-state index in [4.69, 9.17) is 4.74 Å². The van der Waals surface area contributed by atoms with Crippen LogP contribution < -0.4 is 15.4 Å². The zero-order chi connectivity index (χ0) is 20.3. The van der Waals surface area contributed by atoms with E-state index in [9.17, 15) is 4.79 Å². The Kier molecular flexibility index (Phi) is 7.63. The van der Waals surface area contributed by atoms with Gasteiger partial charge in [0.05, 0.1) is 7.11 Å². The lowest BCUT2D eigenvalue weighted by Gasteiger charge is -2.09. The molecule has 3 rings (SSSR count). The molecule has 0 bridgehead atoms. The second-order valence-corrected chi connectivity index (χ2v) is 6.80. The van der Waals surface area contributed by atoms with E-state index in [2.05, 4.69) is 33.8 Å². The van der Waals surface area contributed by atoms with Crippen LogP contribution in [0, 0.1) is 0 Å². The SMILES string of the molecule is COc1cccc(CCNc2cc(C(=O)NCCCc3ccccc3)ccn2)c1. The maximum Gasteiger partial charge on any atom is 0.251 e. The van der Waals surface area contributed by atoms with Crippen LogP contribution in [0.2, 0.25) is 0 Å². The monoisotopic (exact) mass is 389 g/mol. The summed E-state index contributed by atoms with van der Waals surface area (Å²) in [5, 5.41) is 6.27. The van der Waals surface area contributed by atoms with Gasteiger partial charge in [-0.15, -0.1) is 0 Å². The van der Waals surface area contributed by atoms with Crippen molar-refractivity contribution in [2.45, 2.75) is 19.3 Å². The smallest absolute Gasteiger partial charge is 0.251 e. The molecule has 0 spiro atoms. The second-order valence-electron chi connectivity index (χ2n) is 6.80. The first kappa shape index (κ1) is 20.4. The number of methoxy groups -OCH3 is 1. The number of amides is 1. The van der Waals surface area contributed by atoms with Crippen molar-refractivity contribution < 1.29 is 9.53 Å². The lowest BCUT2D eigenvalue weighted by Crippen LogP contribution is -2.25. The predicted molar refractivity (Wildman–Crippen MR) is 117 cm³/mol. The number of nitrogens with one attached hydrogen (secondary N) is 2. The number of hydrogen-bond donors (Lipinski definition) is 2. The minimum Gasteiger partial charge on any atom is -0.497 e. The fourth-order valence-electron chi connectivity index (χ4n) is 3.07. The Labute approximate surface area is 172 Å². The third kappa shape index (κ3) is 6.64. The molecule has 2 aromatic carbocycles. The van der Waals surface area contributed by atoms with Crippen LogP contribution >= 0.6 is 0 Å². The van der Waals surface area contributed by atoms with E-state index in [0.717, 1.165) is 31.6 Å². The van der Waals surface area contributed by atoms with E-state index in [1.54, 1.807) is 25.4 Å². The molecule has 0 atom stereocenters. The van der Waals surface area contributed by atoms with E-state index >= 15 is 0 Å². The summed E-state index contributed by atoms with van der Waals surface area (Å²) in [6.45, 7) is 1.37. The van der Waals surface area contributed by atoms with Crippen molar-refractivity contribution in [3.8, 4) is 5.75 Å². The maximum absolute atomic E-state index is 12.4. The Morgan fingerprint density at radius 3 is 2.59 bits per heavy atom. The first-order chi connectivity index (χ1) is 14.2. The highest BCUT2D eigenvalue weighted by Crippen LogP contribution is 2.13. The van der Waals surface area contributed by atoms with Crippen molar-refractivity contribution in [3.05, 3.63) is 89.6 Å². The molecule has 0 fully saturated rings. The van der Waals surface area contributed by atoms with Crippen LogP contribution in [0.4, 0.5) is 5.82 Å². The third-order valence-corrected chi connectivity index (χ3v) is 4.65. The number of carbonyl (C=O) groups excluding carboxylic acids is 1. The number of aromatic nitrogens is 1. The maximum atomic E-state index is 12.4. The molecule has 5 nitrogen and oxygen atoms in total. The van der Waals surface area contributed by atoms with Gasteiger partial charge in [0.2, 0.25) is 0 Å². The van der Waals surface area contributed by atoms with Gasteiger partial charge in [-0.1, -0.05) is 42.5 Å². The fraction of sp³-hybridized carbons (Fsp3) is 0.250. The highest BCUT2D eigenvalue weighted by Gasteiger charge is 2.06. The molecule has 0 aliphatic rings. The Morgan fingerprint density at radius 1 is 0.931 bits per heavy atom. The van der Waals surface area contributed by atoms with Gasteiger partial charge in [-0.05, 0) is 54.7 Å². The van der Waals surface area contributed by atoms with E-state index in [1.165, 1.54) is 11.1 Å². The number of hydrogen-bond acceptors (Lipinski definition) is 4. The van der Waals surface area contributed by atoms with E-state index in [-0.39, 0.29) is 5.91 Å². The van der Waals surface area contributed by atoms with Crippen molar-refractivity contribution >= 4 is 11.7 Å². The van der Waals surface area contributed by atoms with Crippen molar-refractivity contribution in [2.75, 3.05) is 25.5 Å². The standard InChI is InChI=1S/C24H27N3O2/c1-29-22-11-5-9-20(17-22)12-15-25-23-18-21(13-16-26-23)24(28)27-14-6-10-19-7-3-2-4-8-19/h2-5,7-9,11,13,16-18H,6,10,12,14-15H2,1H3,(H,25,26)(H,27,28). The van der Waals surface area contributed by atoms with Crippen LogP contribution in [0.25, 0.3) is 0 Å². The molecule has 1 aromatic heterocycles. The molecule has 2 N–H and O–H groups in total. The minimum atomic E-state index is -0.0729. The summed E-state index contributed by atoms with van der Waals surface area (Å²) < 4.78 is 5.25. The number of ether oxygens (including phenoxy) is 1. The summed E-state index contributed by atoms with van der Waals surface area (Å²) in [5.74, 6) is 1.48. The summed E-state index contributed by atoms with van der Waals surface area (Å²) in [7, 11) is 1.67.